The molecule has 0 unspecified atom stereocenters. The molecular weight excluding hydrogens is 597 g/mol. The molecule has 49 heavy (non-hydrogen) atoms. The first-order chi connectivity index (χ1) is 24.2. The summed E-state index contributed by atoms with van der Waals surface area (Å²) in [5.74, 6) is 1.93. The summed E-state index contributed by atoms with van der Waals surface area (Å²) in [5, 5.41) is 0. The number of rotatable bonds is 3. The van der Waals surface area contributed by atoms with E-state index in [-0.39, 0.29) is 0 Å². The van der Waals surface area contributed by atoms with Crippen LogP contribution in [0.1, 0.15) is 0 Å². The van der Waals surface area contributed by atoms with E-state index >= 15 is 0 Å². The minimum absolute atomic E-state index is 0.640. The number of benzene rings is 7. The number of hydrogen-bond donors (Lipinski definition) is 0. The molecule has 0 saturated heterocycles. The first-order valence-electron chi connectivity index (χ1n) is 16.4. The zero-order valence-electron chi connectivity index (χ0n) is 26.6. The van der Waals surface area contributed by atoms with E-state index in [9.17, 15) is 0 Å². The fourth-order valence-corrected chi connectivity index (χ4v) is 6.56. The van der Waals surface area contributed by atoms with E-state index in [1.54, 1.807) is 0 Å². The number of fused-ring (bicyclic) bond motifs is 14. The van der Waals surface area contributed by atoms with Crippen molar-refractivity contribution in [2.45, 2.75) is 0 Å². The predicted molar refractivity (Wildman–Crippen MR) is 201 cm³/mol. The van der Waals surface area contributed by atoms with Crippen molar-refractivity contribution in [1.29, 1.82) is 0 Å². The fraction of sp³-hybridized carbons (Fsp3) is 0. The minimum Gasteiger partial charge on any atom is -0.310 e. The molecule has 0 spiro atoms. The smallest absolute Gasteiger partial charge is 0.164 e. The Kier molecular flexibility index (Phi) is 7.10. The summed E-state index contributed by atoms with van der Waals surface area (Å²) < 4.78 is 0. The summed E-state index contributed by atoms with van der Waals surface area (Å²) in [4.78, 5) is 17.4. The van der Waals surface area contributed by atoms with Crippen LogP contribution in [0.3, 0.4) is 0 Å². The Balaban J connectivity index is 1.26. The van der Waals surface area contributed by atoms with Gasteiger partial charge in [0.05, 0.1) is 0 Å². The van der Waals surface area contributed by atoms with Crippen LogP contribution >= 0.6 is 0 Å². The Morgan fingerprint density at radius 3 is 1.12 bits per heavy atom. The maximum Gasteiger partial charge on any atom is 0.164 e. The normalized spacial score (nSPS) is 11.6. The first kappa shape index (κ1) is 28.6. The maximum absolute atomic E-state index is 5.05. The molecule has 9 rings (SSSR count). The second kappa shape index (κ2) is 12.2. The molecule has 0 saturated carbocycles. The lowest BCUT2D eigenvalue weighted by atomic mass is 9.99. The molecule has 230 valence electrons. The molecule has 0 N–H and O–H groups in total. The highest BCUT2D eigenvalue weighted by atomic mass is 15.1. The minimum atomic E-state index is 0.640. The summed E-state index contributed by atoms with van der Waals surface area (Å²) in [6, 6.07) is 63.9. The van der Waals surface area contributed by atoms with Crippen molar-refractivity contribution in [3.63, 3.8) is 0 Å². The highest BCUT2D eigenvalue weighted by Gasteiger charge is 2.18. The van der Waals surface area contributed by atoms with E-state index < -0.39 is 0 Å². The SMILES string of the molecule is c1ccc(-c2ccc(N3c4cccc(c4)-c4cccc(c4)-c4nc(-c5ccccc5)nc(n4)-c4cccc(c4)-c4cccc3c4)cc2)cc1. The van der Waals surface area contributed by atoms with Crippen LogP contribution in [0.25, 0.3) is 67.5 Å². The van der Waals surface area contributed by atoms with Crippen molar-refractivity contribution in [2.75, 3.05) is 4.90 Å². The lowest BCUT2D eigenvalue weighted by Gasteiger charge is -2.27. The molecule has 4 heteroatoms. The molecule has 0 amide bonds. The maximum atomic E-state index is 5.05. The number of anilines is 3. The Labute approximate surface area is 285 Å². The molecule has 0 radical (unpaired) electrons. The Morgan fingerprint density at radius 1 is 0.245 bits per heavy atom. The molecule has 0 aliphatic carbocycles. The first-order valence-corrected chi connectivity index (χ1v) is 16.4. The van der Waals surface area contributed by atoms with Crippen molar-refractivity contribution in [3.05, 3.63) is 182 Å². The van der Waals surface area contributed by atoms with Crippen LogP contribution < -0.4 is 4.90 Å². The molecule has 0 fully saturated rings. The number of nitrogens with zero attached hydrogens (tertiary/aromatic N) is 4. The van der Waals surface area contributed by atoms with Gasteiger partial charge in [0.1, 0.15) is 0 Å². The van der Waals surface area contributed by atoms with Crippen LogP contribution in [0, 0.1) is 0 Å². The zero-order valence-corrected chi connectivity index (χ0v) is 26.6. The van der Waals surface area contributed by atoms with Gasteiger partial charge < -0.3 is 4.90 Å². The van der Waals surface area contributed by atoms with E-state index in [4.69, 9.17) is 15.0 Å². The molecule has 8 aromatic rings. The summed E-state index contributed by atoms with van der Waals surface area (Å²) >= 11 is 0. The van der Waals surface area contributed by atoms with Crippen molar-refractivity contribution in [3.8, 4) is 67.5 Å². The lowest BCUT2D eigenvalue weighted by Crippen LogP contribution is -2.10. The molecule has 1 aliphatic heterocycles. The van der Waals surface area contributed by atoms with Gasteiger partial charge in [-0.05, 0) is 81.9 Å². The van der Waals surface area contributed by atoms with Gasteiger partial charge in [-0.15, -0.1) is 0 Å². The van der Waals surface area contributed by atoms with E-state index in [1.165, 1.54) is 11.1 Å². The van der Waals surface area contributed by atoms with Gasteiger partial charge in [0.2, 0.25) is 0 Å². The monoisotopic (exact) mass is 626 g/mol. The van der Waals surface area contributed by atoms with Crippen molar-refractivity contribution >= 4 is 17.1 Å². The summed E-state index contributed by atoms with van der Waals surface area (Å²) in [6.07, 6.45) is 0. The summed E-state index contributed by atoms with van der Waals surface area (Å²) in [6.45, 7) is 0. The van der Waals surface area contributed by atoms with Crippen molar-refractivity contribution in [1.82, 2.24) is 15.0 Å². The summed E-state index contributed by atoms with van der Waals surface area (Å²) in [5.41, 5.74) is 12.8. The van der Waals surface area contributed by atoms with Crippen LogP contribution in [-0.4, -0.2) is 15.0 Å². The Bertz CT molecular complexity index is 2330. The van der Waals surface area contributed by atoms with Crippen molar-refractivity contribution < 1.29 is 0 Å². The molecule has 0 atom stereocenters. The predicted octanol–water partition coefficient (Wildman–Crippen LogP) is 11.7. The van der Waals surface area contributed by atoms with Crippen LogP contribution in [0.15, 0.2) is 182 Å². The molecule has 2 heterocycles. The quantitative estimate of drug-likeness (QED) is 0.196. The molecule has 7 aromatic carbocycles. The summed E-state index contributed by atoms with van der Waals surface area (Å²) in [7, 11) is 0. The van der Waals surface area contributed by atoms with Gasteiger partial charge in [-0.2, -0.15) is 0 Å². The second-order valence-corrected chi connectivity index (χ2v) is 12.2. The van der Waals surface area contributed by atoms with E-state index in [2.05, 4.69) is 157 Å². The molecular formula is C45H30N4. The average molecular weight is 627 g/mol. The standard InChI is InChI=1S/C45H30N4/c1-3-11-31(12-4-1)32-23-25-40(26-24-32)49-41-21-9-17-36(29-41)34-15-7-19-38(27-34)44-46-43(33-13-5-2-6-14-33)47-45(48-44)39-20-8-16-35(28-39)37-18-10-22-42(49)30-37/h1-30H. The largest absolute Gasteiger partial charge is 0.310 e. The van der Waals surface area contributed by atoms with Gasteiger partial charge in [0.15, 0.2) is 17.5 Å². The molecule has 1 aromatic heterocycles. The van der Waals surface area contributed by atoms with Gasteiger partial charge in [-0.3, -0.25) is 0 Å². The van der Waals surface area contributed by atoms with Crippen LogP contribution in [0.5, 0.6) is 0 Å². The molecule has 1 aliphatic rings. The van der Waals surface area contributed by atoms with E-state index in [1.807, 2.05) is 30.3 Å². The third kappa shape index (κ3) is 5.56. The molecule has 10 bridgehead atoms. The average Bonchev–Trinajstić information content (AvgIpc) is 3.19. The van der Waals surface area contributed by atoms with Crippen molar-refractivity contribution in [2.24, 2.45) is 0 Å². The third-order valence-electron chi connectivity index (χ3n) is 9.02. The topological polar surface area (TPSA) is 41.9 Å². The highest BCUT2D eigenvalue weighted by molar-refractivity contribution is 5.84. The van der Waals surface area contributed by atoms with Gasteiger partial charge in [0, 0.05) is 33.8 Å². The van der Waals surface area contributed by atoms with E-state index in [0.29, 0.717) is 17.5 Å². The number of aromatic nitrogens is 3. The van der Waals surface area contributed by atoms with Gasteiger partial charge in [-0.25, -0.2) is 15.0 Å². The van der Waals surface area contributed by atoms with Gasteiger partial charge in [-0.1, -0.05) is 133 Å². The third-order valence-corrected chi connectivity index (χ3v) is 9.02. The second-order valence-electron chi connectivity index (χ2n) is 12.2. The van der Waals surface area contributed by atoms with Crippen LogP contribution in [0.4, 0.5) is 17.1 Å². The number of hydrogen-bond acceptors (Lipinski definition) is 4. The van der Waals surface area contributed by atoms with Crippen LogP contribution in [-0.2, 0) is 0 Å². The van der Waals surface area contributed by atoms with Gasteiger partial charge in [0.25, 0.3) is 0 Å². The van der Waals surface area contributed by atoms with E-state index in [0.717, 1.165) is 56.0 Å². The molecule has 4 nitrogen and oxygen atoms in total. The Morgan fingerprint density at radius 2 is 0.612 bits per heavy atom. The van der Waals surface area contributed by atoms with Gasteiger partial charge >= 0.3 is 0 Å². The lowest BCUT2D eigenvalue weighted by molar-refractivity contribution is 1.07. The zero-order chi connectivity index (χ0) is 32.6. The highest BCUT2D eigenvalue weighted by Crippen LogP contribution is 2.40. The fourth-order valence-electron chi connectivity index (χ4n) is 6.56. The Hall–Kier alpha value is -6.65. The van der Waals surface area contributed by atoms with Crippen LogP contribution in [0.2, 0.25) is 0 Å².